The number of benzene rings is 1. The summed E-state index contributed by atoms with van der Waals surface area (Å²) < 4.78 is 0. The minimum Gasteiger partial charge on any atom is -0.342 e. The quantitative estimate of drug-likeness (QED) is 0.369. The minimum absolute atomic E-state index is 0.423. The van der Waals surface area contributed by atoms with Crippen molar-refractivity contribution >= 4 is 23.0 Å². The number of carbonyl (C=O) groups is 1. The molecule has 0 saturated carbocycles. The predicted molar refractivity (Wildman–Crippen MR) is 98.3 cm³/mol. The Morgan fingerprint density at radius 1 is 1.48 bits per heavy atom. The first-order valence-electron chi connectivity index (χ1n) is 9.06. The predicted octanol–water partition coefficient (Wildman–Crippen LogP) is 3.11. The van der Waals surface area contributed by atoms with E-state index in [1.165, 1.54) is 31.8 Å². The van der Waals surface area contributed by atoms with Gasteiger partial charge in [0.05, 0.1) is 11.0 Å². The molecule has 1 saturated heterocycles. The normalized spacial score (nSPS) is 21.0. The molecule has 2 atom stereocenters. The number of aromatic amines is 1. The van der Waals surface area contributed by atoms with Gasteiger partial charge in [-0.25, -0.2) is 10.5 Å². The number of piperidine rings is 1. The van der Waals surface area contributed by atoms with Crippen molar-refractivity contribution in [2.24, 2.45) is 0 Å². The van der Waals surface area contributed by atoms with Crippen molar-refractivity contribution in [1.29, 1.82) is 0 Å². The third-order valence-electron chi connectivity index (χ3n) is 4.87. The van der Waals surface area contributed by atoms with E-state index in [2.05, 4.69) is 17.2 Å². The molecule has 0 bridgehead atoms. The lowest BCUT2D eigenvalue weighted by Crippen LogP contribution is -2.40. The summed E-state index contributed by atoms with van der Waals surface area (Å²) in [5.41, 5.74) is 4.39. The van der Waals surface area contributed by atoms with Gasteiger partial charge in [-0.15, -0.1) is 0 Å². The highest BCUT2D eigenvalue weighted by atomic mass is 16.5. The van der Waals surface area contributed by atoms with E-state index in [-0.39, 0.29) is 0 Å². The fraction of sp³-hybridized carbons (Fsp3) is 0.474. The number of imidazole rings is 1. The van der Waals surface area contributed by atoms with E-state index in [1.54, 1.807) is 11.6 Å². The molecule has 1 aromatic heterocycles. The average molecular weight is 342 g/mol. The summed E-state index contributed by atoms with van der Waals surface area (Å²) in [7, 11) is 0. The lowest BCUT2D eigenvalue weighted by Gasteiger charge is -2.31. The Morgan fingerprint density at radius 2 is 2.36 bits per heavy atom. The van der Waals surface area contributed by atoms with E-state index < -0.39 is 5.91 Å². The van der Waals surface area contributed by atoms with Crippen LogP contribution in [0.3, 0.4) is 0 Å². The maximum Gasteiger partial charge on any atom is 0.267 e. The van der Waals surface area contributed by atoms with Crippen molar-refractivity contribution < 1.29 is 10.0 Å². The van der Waals surface area contributed by atoms with E-state index in [4.69, 9.17) is 10.2 Å². The summed E-state index contributed by atoms with van der Waals surface area (Å²) in [6.07, 6.45) is 8.92. The lowest BCUT2D eigenvalue weighted by atomic mass is 9.87. The molecule has 0 aliphatic carbocycles. The van der Waals surface area contributed by atoms with Crippen LogP contribution in [0.15, 0.2) is 24.3 Å². The van der Waals surface area contributed by atoms with E-state index in [1.807, 2.05) is 18.2 Å². The fourth-order valence-electron chi connectivity index (χ4n) is 3.54. The number of carbonyl (C=O) groups excluding carboxylic acids is 1. The topological polar surface area (TPSA) is 90.0 Å². The molecule has 1 aromatic carbocycles. The number of nitrogens with zero attached hydrogens (tertiary/aromatic N) is 1. The zero-order valence-electron chi connectivity index (χ0n) is 14.6. The van der Waals surface area contributed by atoms with Crippen LogP contribution in [0.2, 0.25) is 0 Å². The van der Waals surface area contributed by atoms with E-state index in [0.717, 1.165) is 35.4 Å². The van der Waals surface area contributed by atoms with Gasteiger partial charge in [0.2, 0.25) is 0 Å². The molecule has 2 heterocycles. The number of hydrogen-bond donors (Lipinski definition) is 4. The second kappa shape index (κ2) is 8.27. The van der Waals surface area contributed by atoms with Crippen molar-refractivity contribution in [3.8, 4) is 0 Å². The summed E-state index contributed by atoms with van der Waals surface area (Å²) in [4.78, 5) is 19.4. The highest BCUT2D eigenvalue weighted by Crippen LogP contribution is 2.30. The summed E-state index contributed by atoms with van der Waals surface area (Å²) in [5.74, 6) is 0.932. The first kappa shape index (κ1) is 17.6. The van der Waals surface area contributed by atoms with Crippen LogP contribution in [-0.4, -0.2) is 33.7 Å². The average Bonchev–Trinajstić information content (AvgIpc) is 3.07. The number of fused-ring (bicyclic) bond motifs is 1. The summed E-state index contributed by atoms with van der Waals surface area (Å²) >= 11 is 0. The maximum atomic E-state index is 11.1. The first-order valence-corrected chi connectivity index (χ1v) is 9.06. The number of hydroxylamine groups is 1. The van der Waals surface area contributed by atoms with Gasteiger partial charge in [0.1, 0.15) is 5.82 Å². The Morgan fingerprint density at radius 3 is 3.16 bits per heavy atom. The Balaban J connectivity index is 1.82. The second-order valence-corrected chi connectivity index (χ2v) is 6.66. The molecule has 1 amide bonds. The molecule has 4 N–H and O–H groups in total. The molecular formula is C19H26N4O2. The zero-order chi connectivity index (χ0) is 17.6. The van der Waals surface area contributed by atoms with Crippen molar-refractivity contribution in [2.75, 3.05) is 6.54 Å². The monoisotopic (exact) mass is 342 g/mol. The van der Waals surface area contributed by atoms with Gasteiger partial charge in [0.15, 0.2) is 0 Å². The van der Waals surface area contributed by atoms with Gasteiger partial charge in [-0.3, -0.25) is 10.0 Å². The van der Waals surface area contributed by atoms with Crippen molar-refractivity contribution in [3.63, 3.8) is 0 Å². The fourth-order valence-corrected chi connectivity index (χ4v) is 3.54. The van der Waals surface area contributed by atoms with Gasteiger partial charge in [-0.1, -0.05) is 25.8 Å². The van der Waals surface area contributed by atoms with Crippen LogP contribution in [0.5, 0.6) is 0 Å². The first-order chi connectivity index (χ1) is 12.2. The van der Waals surface area contributed by atoms with Crippen LogP contribution in [0.4, 0.5) is 0 Å². The van der Waals surface area contributed by atoms with Gasteiger partial charge in [0, 0.05) is 18.0 Å². The van der Waals surface area contributed by atoms with Crippen LogP contribution in [0.25, 0.3) is 17.1 Å². The number of unbranched alkanes of at least 4 members (excludes halogenated alkanes) is 1. The van der Waals surface area contributed by atoms with Gasteiger partial charge in [-0.2, -0.15) is 0 Å². The zero-order valence-corrected chi connectivity index (χ0v) is 14.6. The Labute approximate surface area is 147 Å². The van der Waals surface area contributed by atoms with Crippen LogP contribution in [-0.2, 0) is 4.79 Å². The third-order valence-corrected chi connectivity index (χ3v) is 4.87. The largest absolute Gasteiger partial charge is 0.342 e. The van der Waals surface area contributed by atoms with Gasteiger partial charge in [0.25, 0.3) is 5.91 Å². The SMILES string of the molecule is CCCCC1NCCCC1c1nc2ccc(C=CC(=O)NO)cc2[nH]1. The molecule has 6 nitrogen and oxygen atoms in total. The van der Waals surface area contributed by atoms with Gasteiger partial charge >= 0.3 is 0 Å². The Bertz CT molecular complexity index is 753. The summed E-state index contributed by atoms with van der Waals surface area (Å²) in [6, 6.07) is 6.34. The molecule has 1 aliphatic rings. The summed E-state index contributed by atoms with van der Waals surface area (Å²) in [5, 5.41) is 12.2. The van der Waals surface area contributed by atoms with Crippen molar-refractivity contribution in [3.05, 3.63) is 35.7 Å². The smallest absolute Gasteiger partial charge is 0.267 e. The standard InChI is InChI=1S/C19H26N4O2/c1-2-3-6-15-14(5-4-11-20-15)19-21-16-9-7-13(12-17(16)22-19)8-10-18(24)23-25/h7-10,12,14-15,20,25H,2-6,11H2,1H3,(H,21,22)(H,23,24). The summed E-state index contributed by atoms with van der Waals surface area (Å²) in [6.45, 7) is 3.32. The molecule has 0 radical (unpaired) electrons. The molecule has 3 rings (SSSR count). The van der Waals surface area contributed by atoms with E-state index in [9.17, 15) is 4.79 Å². The molecule has 2 aromatic rings. The number of nitrogens with one attached hydrogen (secondary N) is 3. The van der Waals surface area contributed by atoms with Crippen LogP contribution < -0.4 is 10.8 Å². The lowest BCUT2D eigenvalue weighted by molar-refractivity contribution is -0.124. The van der Waals surface area contributed by atoms with Crippen molar-refractivity contribution in [2.45, 2.75) is 51.0 Å². The highest BCUT2D eigenvalue weighted by molar-refractivity contribution is 5.91. The van der Waals surface area contributed by atoms with Crippen LogP contribution in [0, 0.1) is 0 Å². The van der Waals surface area contributed by atoms with Gasteiger partial charge in [-0.05, 0) is 49.6 Å². The molecule has 134 valence electrons. The second-order valence-electron chi connectivity index (χ2n) is 6.66. The number of aromatic nitrogens is 2. The van der Waals surface area contributed by atoms with Gasteiger partial charge < -0.3 is 10.3 Å². The van der Waals surface area contributed by atoms with Crippen LogP contribution >= 0.6 is 0 Å². The number of rotatable bonds is 6. The molecule has 25 heavy (non-hydrogen) atoms. The highest BCUT2D eigenvalue weighted by Gasteiger charge is 2.28. The van der Waals surface area contributed by atoms with Crippen molar-refractivity contribution in [1.82, 2.24) is 20.8 Å². The van der Waals surface area contributed by atoms with E-state index >= 15 is 0 Å². The number of amides is 1. The van der Waals surface area contributed by atoms with Crippen LogP contribution in [0.1, 0.15) is 56.3 Å². The number of hydrogen-bond acceptors (Lipinski definition) is 4. The minimum atomic E-state index is -0.544. The molecule has 2 unspecified atom stereocenters. The Hall–Kier alpha value is -2.18. The van der Waals surface area contributed by atoms with E-state index in [0.29, 0.717) is 12.0 Å². The molecular weight excluding hydrogens is 316 g/mol. The molecule has 1 fully saturated rings. The molecule has 6 heteroatoms. The number of H-pyrrole nitrogens is 1. The maximum absolute atomic E-state index is 11.1. The molecule has 1 aliphatic heterocycles. The Kier molecular flexibility index (Phi) is 5.83. The third kappa shape index (κ3) is 4.27. The molecule has 0 spiro atoms.